The van der Waals surface area contributed by atoms with E-state index in [-0.39, 0.29) is 12.4 Å². The van der Waals surface area contributed by atoms with Crippen LogP contribution in [-0.2, 0) is 0 Å². The molecule has 0 radical (unpaired) electrons. The summed E-state index contributed by atoms with van der Waals surface area (Å²) in [5, 5.41) is 0. The van der Waals surface area contributed by atoms with Crippen molar-refractivity contribution in [1.29, 1.82) is 0 Å². The molecule has 1 aromatic carbocycles. The van der Waals surface area contributed by atoms with Crippen LogP contribution in [0.15, 0.2) is 16.6 Å². The van der Waals surface area contributed by atoms with Gasteiger partial charge in [0.15, 0.2) is 0 Å². The molecule has 0 unspecified atom stereocenters. The Bertz CT molecular complexity index is 280. The van der Waals surface area contributed by atoms with Crippen LogP contribution in [0.2, 0.25) is 0 Å². The minimum absolute atomic E-state index is 0. The van der Waals surface area contributed by atoms with Gasteiger partial charge < -0.3 is 16.2 Å². The van der Waals surface area contributed by atoms with E-state index in [0.29, 0.717) is 17.1 Å². The number of nitrogen functional groups attached to an aromatic ring is 2. The Balaban J connectivity index is 0.00000121. The summed E-state index contributed by atoms with van der Waals surface area (Å²) in [5.41, 5.74) is 12.2. The standard InChI is InChI=1S/C7H9BrN2O.ClH/c1-11-7-3-6(10)5(9)2-4(7)8;/h2-3H,9-10H2,1H3;1H. The number of hydrogen-bond acceptors (Lipinski definition) is 3. The second kappa shape index (κ2) is 4.42. The molecule has 4 N–H and O–H groups in total. The molecular weight excluding hydrogens is 243 g/mol. The molecule has 0 amide bonds. The third-order valence-corrected chi connectivity index (χ3v) is 1.98. The van der Waals surface area contributed by atoms with Crippen LogP contribution in [0, 0.1) is 0 Å². The highest BCUT2D eigenvalue weighted by Crippen LogP contribution is 2.30. The summed E-state index contributed by atoms with van der Waals surface area (Å²) in [4.78, 5) is 0. The number of benzene rings is 1. The number of rotatable bonds is 1. The van der Waals surface area contributed by atoms with E-state index in [4.69, 9.17) is 16.2 Å². The Kier molecular flexibility index (Phi) is 4.20. The van der Waals surface area contributed by atoms with Gasteiger partial charge in [-0.25, -0.2) is 0 Å². The third-order valence-electron chi connectivity index (χ3n) is 1.36. The molecule has 0 aromatic heterocycles. The zero-order valence-corrected chi connectivity index (χ0v) is 8.91. The minimum Gasteiger partial charge on any atom is -0.495 e. The molecule has 68 valence electrons. The molecule has 0 spiro atoms. The maximum atomic E-state index is 5.54. The fraction of sp³-hybridized carbons (Fsp3) is 0.143. The van der Waals surface area contributed by atoms with Gasteiger partial charge >= 0.3 is 0 Å². The van der Waals surface area contributed by atoms with Crippen LogP contribution >= 0.6 is 28.3 Å². The quantitative estimate of drug-likeness (QED) is 0.753. The third kappa shape index (κ3) is 2.19. The monoisotopic (exact) mass is 252 g/mol. The zero-order chi connectivity index (χ0) is 8.43. The highest BCUT2D eigenvalue weighted by molar-refractivity contribution is 9.10. The van der Waals surface area contributed by atoms with Crippen LogP contribution in [0.3, 0.4) is 0 Å². The van der Waals surface area contributed by atoms with E-state index in [2.05, 4.69) is 15.9 Å². The summed E-state index contributed by atoms with van der Waals surface area (Å²) in [5.74, 6) is 0.691. The maximum absolute atomic E-state index is 5.54. The van der Waals surface area contributed by atoms with Gasteiger partial charge in [-0.1, -0.05) is 0 Å². The molecule has 0 aliphatic carbocycles. The highest BCUT2D eigenvalue weighted by atomic mass is 79.9. The van der Waals surface area contributed by atoms with Gasteiger partial charge in [0.2, 0.25) is 0 Å². The second-order valence-electron chi connectivity index (χ2n) is 2.12. The number of hydrogen-bond donors (Lipinski definition) is 2. The van der Waals surface area contributed by atoms with Crippen molar-refractivity contribution in [1.82, 2.24) is 0 Å². The first-order valence-corrected chi connectivity index (χ1v) is 3.83. The summed E-state index contributed by atoms with van der Waals surface area (Å²) in [6.07, 6.45) is 0. The molecule has 0 saturated carbocycles. The summed E-state index contributed by atoms with van der Waals surface area (Å²) < 4.78 is 5.81. The Morgan fingerprint density at radius 1 is 1.25 bits per heavy atom. The SMILES string of the molecule is COc1cc(N)c(N)cc1Br.Cl. The average molecular weight is 254 g/mol. The normalized spacial score (nSPS) is 8.83. The van der Waals surface area contributed by atoms with Gasteiger partial charge in [0.05, 0.1) is 23.0 Å². The maximum Gasteiger partial charge on any atom is 0.135 e. The van der Waals surface area contributed by atoms with Crippen LogP contribution in [-0.4, -0.2) is 7.11 Å². The van der Waals surface area contributed by atoms with E-state index in [0.717, 1.165) is 4.47 Å². The number of ether oxygens (including phenoxy) is 1. The van der Waals surface area contributed by atoms with Crippen LogP contribution < -0.4 is 16.2 Å². The van der Waals surface area contributed by atoms with Crippen LogP contribution in [0.25, 0.3) is 0 Å². The number of anilines is 2. The Labute approximate surface area is 85.6 Å². The first-order valence-electron chi connectivity index (χ1n) is 3.03. The molecular formula is C7H10BrClN2O. The van der Waals surface area contributed by atoms with Crippen LogP contribution in [0.1, 0.15) is 0 Å². The lowest BCUT2D eigenvalue weighted by Gasteiger charge is -2.05. The van der Waals surface area contributed by atoms with E-state index in [9.17, 15) is 0 Å². The van der Waals surface area contributed by atoms with E-state index in [1.54, 1.807) is 19.2 Å². The number of nitrogens with two attached hydrogens (primary N) is 2. The van der Waals surface area contributed by atoms with Gasteiger partial charge in [0.1, 0.15) is 5.75 Å². The van der Waals surface area contributed by atoms with Crippen molar-refractivity contribution in [3.05, 3.63) is 16.6 Å². The van der Waals surface area contributed by atoms with Gasteiger partial charge in [-0.15, -0.1) is 12.4 Å². The summed E-state index contributed by atoms with van der Waals surface area (Å²) in [6, 6.07) is 3.40. The molecule has 0 aliphatic rings. The predicted octanol–water partition coefficient (Wildman–Crippen LogP) is 2.04. The summed E-state index contributed by atoms with van der Waals surface area (Å²) in [6.45, 7) is 0. The van der Waals surface area contributed by atoms with Crippen molar-refractivity contribution in [3.8, 4) is 5.75 Å². The molecule has 12 heavy (non-hydrogen) atoms. The van der Waals surface area contributed by atoms with Crippen LogP contribution in [0.5, 0.6) is 5.75 Å². The van der Waals surface area contributed by atoms with Gasteiger partial charge in [0.25, 0.3) is 0 Å². The number of methoxy groups -OCH3 is 1. The minimum atomic E-state index is 0. The second-order valence-corrected chi connectivity index (χ2v) is 2.97. The topological polar surface area (TPSA) is 61.3 Å². The molecule has 0 fully saturated rings. The Morgan fingerprint density at radius 3 is 2.25 bits per heavy atom. The van der Waals surface area contributed by atoms with Crippen molar-refractivity contribution in [3.63, 3.8) is 0 Å². The van der Waals surface area contributed by atoms with Gasteiger partial charge in [0, 0.05) is 6.07 Å². The fourth-order valence-corrected chi connectivity index (χ4v) is 1.26. The lowest BCUT2D eigenvalue weighted by molar-refractivity contribution is 0.412. The summed E-state index contributed by atoms with van der Waals surface area (Å²) in [7, 11) is 1.58. The fourth-order valence-electron chi connectivity index (χ4n) is 0.741. The van der Waals surface area contributed by atoms with E-state index < -0.39 is 0 Å². The first-order chi connectivity index (χ1) is 5.15. The molecule has 1 rings (SSSR count). The Morgan fingerprint density at radius 2 is 1.75 bits per heavy atom. The van der Waals surface area contributed by atoms with E-state index in [1.165, 1.54) is 0 Å². The van der Waals surface area contributed by atoms with Crippen molar-refractivity contribution < 1.29 is 4.74 Å². The molecule has 0 atom stereocenters. The lowest BCUT2D eigenvalue weighted by atomic mass is 10.2. The van der Waals surface area contributed by atoms with Crippen LogP contribution in [0.4, 0.5) is 11.4 Å². The van der Waals surface area contributed by atoms with Gasteiger partial charge in [-0.2, -0.15) is 0 Å². The molecule has 0 heterocycles. The molecule has 0 bridgehead atoms. The predicted molar refractivity (Wildman–Crippen MR) is 56.8 cm³/mol. The molecule has 1 aromatic rings. The van der Waals surface area contributed by atoms with E-state index in [1.807, 2.05) is 0 Å². The Hall–Kier alpha value is -0.610. The van der Waals surface area contributed by atoms with Crippen molar-refractivity contribution >= 4 is 39.7 Å². The molecule has 3 nitrogen and oxygen atoms in total. The number of halogens is 2. The molecule has 5 heteroatoms. The lowest BCUT2D eigenvalue weighted by Crippen LogP contribution is -1.95. The van der Waals surface area contributed by atoms with Crippen molar-refractivity contribution in [2.24, 2.45) is 0 Å². The average Bonchev–Trinajstić information content (AvgIpc) is 1.97. The highest BCUT2D eigenvalue weighted by Gasteiger charge is 2.02. The largest absolute Gasteiger partial charge is 0.495 e. The van der Waals surface area contributed by atoms with Gasteiger partial charge in [-0.3, -0.25) is 0 Å². The molecule has 0 saturated heterocycles. The zero-order valence-electron chi connectivity index (χ0n) is 6.50. The van der Waals surface area contributed by atoms with Crippen molar-refractivity contribution in [2.45, 2.75) is 0 Å². The van der Waals surface area contributed by atoms with Crippen molar-refractivity contribution in [2.75, 3.05) is 18.6 Å². The summed E-state index contributed by atoms with van der Waals surface area (Å²) >= 11 is 3.28. The van der Waals surface area contributed by atoms with E-state index >= 15 is 0 Å². The van der Waals surface area contributed by atoms with Gasteiger partial charge in [-0.05, 0) is 22.0 Å². The first kappa shape index (κ1) is 11.4. The smallest absolute Gasteiger partial charge is 0.135 e. The molecule has 0 aliphatic heterocycles.